The van der Waals surface area contributed by atoms with Gasteiger partial charge in [0, 0.05) is 46.4 Å². The molecule has 0 radical (unpaired) electrons. The van der Waals surface area contributed by atoms with E-state index >= 15 is 0 Å². The Bertz CT molecular complexity index is 1120. The molecule has 3 heterocycles. The molecule has 0 bridgehead atoms. The average molecular weight is 391 g/mol. The molecule has 0 spiro atoms. The van der Waals surface area contributed by atoms with E-state index in [-0.39, 0.29) is 6.42 Å². The molecule has 4 aromatic rings. The number of hydrogen-bond acceptors (Lipinski definition) is 4. The number of aryl methyl sites for hydroxylation is 1. The Labute approximate surface area is 156 Å². The smallest absolute Gasteiger partial charge is 0.388 e. The molecule has 0 fully saturated rings. The van der Waals surface area contributed by atoms with E-state index in [2.05, 4.69) is 10.1 Å². The number of pyridine rings is 1. The van der Waals surface area contributed by atoms with Crippen LogP contribution in [-0.4, -0.2) is 26.0 Å². The first kappa shape index (κ1) is 17.9. The number of fused-ring (bicyclic) bond motifs is 2. The monoisotopic (exact) mass is 391 g/mol. The van der Waals surface area contributed by atoms with Crippen LogP contribution in [-0.2, 0) is 7.05 Å². The molecule has 1 atom stereocenters. The van der Waals surface area contributed by atoms with Crippen LogP contribution >= 0.6 is 11.3 Å². The van der Waals surface area contributed by atoms with Gasteiger partial charge in [-0.1, -0.05) is 12.1 Å². The van der Waals surface area contributed by atoms with Crippen LogP contribution in [0.1, 0.15) is 23.8 Å². The molecule has 27 heavy (non-hydrogen) atoms. The lowest BCUT2D eigenvalue weighted by Gasteiger charge is -2.10. The van der Waals surface area contributed by atoms with Crippen LogP contribution in [0.25, 0.3) is 32.2 Å². The first-order chi connectivity index (χ1) is 12.8. The van der Waals surface area contributed by atoms with Gasteiger partial charge in [-0.15, -0.1) is 11.3 Å². The summed E-state index contributed by atoms with van der Waals surface area (Å²) in [5, 5.41) is 16.2. The van der Waals surface area contributed by atoms with Gasteiger partial charge in [0.15, 0.2) is 5.65 Å². The molecular weight excluding hydrogens is 375 g/mol. The number of benzene rings is 1. The number of nitrogens with zero attached hydrogens (tertiary/aromatic N) is 3. The summed E-state index contributed by atoms with van der Waals surface area (Å²) in [5.41, 5.74) is 2.57. The lowest BCUT2D eigenvalue weighted by atomic mass is 10.1. The summed E-state index contributed by atoms with van der Waals surface area (Å²) in [5.74, 6) is 0. The maximum atomic E-state index is 12.4. The van der Waals surface area contributed by atoms with E-state index in [0.29, 0.717) is 10.5 Å². The van der Waals surface area contributed by atoms with Crippen molar-refractivity contribution in [1.29, 1.82) is 0 Å². The summed E-state index contributed by atoms with van der Waals surface area (Å²) in [6, 6.07) is 9.59. The van der Waals surface area contributed by atoms with Crippen LogP contribution in [0.5, 0.6) is 0 Å². The molecule has 140 valence electrons. The molecule has 1 unspecified atom stereocenters. The summed E-state index contributed by atoms with van der Waals surface area (Å²) in [7, 11) is 1.84. The standard InChI is InChI=1S/C19H16F3N3OS/c1-25-10-14-6-13(9-23-18(14)24-25)11-2-3-12-8-17(27-16(12)7-11)15(26)4-5-19(20,21)22/h2-3,6-10,15,26H,4-5H2,1H3. The van der Waals surface area contributed by atoms with Gasteiger partial charge in [0.2, 0.25) is 0 Å². The SMILES string of the molecule is Cn1cc2cc(-c3ccc4cc(C(O)CCC(F)(F)F)sc4c3)cnc2n1. The van der Waals surface area contributed by atoms with E-state index < -0.39 is 18.7 Å². The molecule has 3 aromatic heterocycles. The fourth-order valence-electron chi connectivity index (χ4n) is 3.03. The summed E-state index contributed by atoms with van der Waals surface area (Å²) >= 11 is 1.32. The highest BCUT2D eigenvalue weighted by Gasteiger charge is 2.28. The number of aliphatic hydroxyl groups excluding tert-OH is 1. The minimum absolute atomic E-state index is 0.329. The van der Waals surface area contributed by atoms with Crippen LogP contribution in [0.4, 0.5) is 13.2 Å². The number of alkyl halides is 3. The summed E-state index contributed by atoms with van der Waals surface area (Å²) in [6.07, 6.45) is -3.05. The first-order valence-electron chi connectivity index (χ1n) is 8.36. The van der Waals surface area contributed by atoms with Crippen LogP contribution in [0, 0.1) is 0 Å². The third-order valence-electron chi connectivity index (χ3n) is 4.38. The second-order valence-electron chi connectivity index (χ2n) is 6.51. The van der Waals surface area contributed by atoms with Crippen molar-refractivity contribution in [3.63, 3.8) is 0 Å². The predicted molar refractivity (Wildman–Crippen MR) is 99.6 cm³/mol. The minimum Gasteiger partial charge on any atom is -0.388 e. The number of hydrogen-bond donors (Lipinski definition) is 1. The second-order valence-corrected chi connectivity index (χ2v) is 7.63. The van der Waals surface area contributed by atoms with Gasteiger partial charge in [-0.3, -0.25) is 4.68 Å². The molecule has 0 aliphatic heterocycles. The molecule has 0 saturated heterocycles. The number of thiophene rings is 1. The van der Waals surface area contributed by atoms with E-state index in [1.165, 1.54) is 11.3 Å². The highest BCUT2D eigenvalue weighted by Crippen LogP contribution is 2.36. The van der Waals surface area contributed by atoms with Gasteiger partial charge >= 0.3 is 6.18 Å². The van der Waals surface area contributed by atoms with Crippen molar-refractivity contribution in [1.82, 2.24) is 14.8 Å². The highest BCUT2D eigenvalue weighted by molar-refractivity contribution is 7.19. The lowest BCUT2D eigenvalue weighted by Crippen LogP contribution is -2.09. The van der Waals surface area contributed by atoms with Gasteiger partial charge in [-0.25, -0.2) is 4.98 Å². The predicted octanol–water partition coefficient (Wildman–Crippen LogP) is 5.23. The Morgan fingerprint density at radius 2 is 1.96 bits per heavy atom. The summed E-state index contributed by atoms with van der Waals surface area (Å²) in [6.45, 7) is 0. The van der Waals surface area contributed by atoms with Crippen molar-refractivity contribution in [2.75, 3.05) is 0 Å². The maximum absolute atomic E-state index is 12.4. The fraction of sp³-hybridized carbons (Fsp3) is 0.263. The van der Waals surface area contributed by atoms with Crippen LogP contribution in [0.3, 0.4) is 0 Å². The molecule has 1 aromatic carbocycles. The van der Waals surface area contributed by atoms with Crippen LogP contribution < -0.4 is 0 Å². The van der Waals surface area contributed by atoms with Crippen molar-refractivity contribution in [2.45, 2.75) is 25.1 Å². The third kappa shape index (κ3) is 3.81. The zero-order valence-corrected chi connectivity index (χ0v) is 15.2. The Morgan fingerprint density at radius 3 is 2.74 bits per heavy atom. The topological polar surface area (TPSA) is 50.9 Å². The summed E-state index contributed by atoms with van der Waals surface area (Å²) < 4.78 is 39.7. The van der Waals surface area contributed by atoms with Gasteiger partial charge < -0.3 is 5.11 Å². The first-order valence-corrected chi connectivity index (χ1v) is 9.18. The number of aromatic nitrogens is 3. The van der Waals surface area contributed by atoms with Gasteiger partial charge in [-0.2, -0.15) is 18.3 Å². The van der Waals surface area contributed by atoms with E-state index in [4.69, 9.17) is 0 Å². The Hall–Kier alpha value is -2.45. The van der Waals surface area contributed by atoms with Crippen molar-refractivity contribution < 1.29 is 18.3 Å². The molecule has 0 saturated carbocycles. The van der Waals surface area contributed by atoms with E-state index in [1.807, 2.05) is 37.5 Å². The highest BCUT2D eigenvalue weighted by atomic mass is 32.1. The minimum atomic E-state index is -4.26. The van der Waals surface area contributed by atoms with Crippen LogP contribution in [0.15, 0.2) is 42.7 Å². The molecule has 0 aliphatic rings. The van der Waals surface area contributed by atoms with Crippen molar-refractivity contribution in [3.8, 4) is 11.1 Å². The number of halogens is 3. The Balaban J connectivity index is 1.63. The normalized spacial score (nSPS) is 13.5. The third-order valence-corrected chi connectivity index (χ3v) is 5.57. The molecular formula is C19H16F3N3OS. The number of rotatable bonds is 4. The van der Waals surface area contributed by atoms with Gasteiger partial charge in [0.05, 0.1) is 6.10 Å². The molecule has 4 nitrogen and oxygen atoms in total. The van der Waals surface area contributed by atoms with Gasteiger partial charge in [0.25, 0.3) is 0 Å². The lowest BCUT2D eigenvalue weighted by molar-refractivity contribution is -0.140. The van der Waals surface area contributed by atoms with Crippen molar-refractivity contribution >= 4 is 32.5 Å². The van der Waals surface area contributed by atoms with E-state index in [1.54, 1.807) is 16.9 Å². The van der Waals surface area contributed by atoms with Crippen molar-refractivity contribution in [3.05, 3.63) is 47.6 Å². The summed E-state index contributed by atoms with van der Waals surface area (Å²) in [4.78, 5) is 4.91. The quantitative estimate of drug-likeness (QED) is 0.519. The van der Waals surface area contributed by atoms with Crippen molar-refractivity contribution in [2.24, 2.45) is 7.05 Å². The molecule has 4 rings (SSSR count). The van der Waals surface area contributed by atoms with E-state index in [0.717, 1.165) is 26.6 Å². The molecule has 1 N–H and O–H groups in total. The maximum Gasteiger partial charge on any atom is 0.389 e. The zero-order chi connectivity index (χ0) is 19.2. The second kappa shape index (κ2) is 6.61. The average Bonchev–Trinajstić information content (AvgIpc) is 3.19. The largest absolute Gasteiger partial charge is 0.389 e. The fourth-order valence-corrected chi connectivity index (χ4v) is 4.15. The van der Waals surface area contributed by atoms with Gasteiger partial charge in [-0.05, 0) is 35.6 Å². The van der Waals surface area contributed by atoms with E-state index in [9.17, 15) is 18.3 Å². The van der Waals surface area contributed by atoms with Crippen LogP contribution in [0.2, 0.25) is 0 Å². The molecule has 0 amide bonds. The number of aliphatic hydroxyl groups is 1. The van der Waals surface area contributed by atoms with Gasteiger partial charge in [0.1, 0.15) is 0 Å². The molecule has 8 heteroatoms. The molecule has 0 aliphatic carbocycles. The Morgan fingerprint density at radius 1 is 1.15 bits per heavy atom. The zero-order valence-electron chi connectivity index (χ0n) is 14.4. The Kier molecular flexibility index (Phi) is 4.39.